The minimum Gasteiger partial charge on any atom is -0.395 e. The second-order valence-corrected chi connectivity index (χ2v) is 5.41. The minimum absolute atomic E-state index is 0.106. The fraction of sp³-hybridized carbons (Fsp3) is 0.692. The first-order valence-electron chi connectivity index (χ1n) is 6.68. The Kier molecular flexibility index (Phi) is 7.64. The maximum Gasteiger partial charge on any atom is 0.158 e. The summed E-state index contributed by atoms with van der Waals surface area (Å²) in [5.41, 5.74) is 0. The number of rotatable bonds is 9. The van der Waals surface area contributed by atoms with Crippen molar-refractivity contribution in [2.45, 2.75) is 31.7 Å². The Labute approximate surface area is 124 Å². The van der Waals surface area contributed by atoms with Crippen LogP contribution >= 0.6 is 11.8 Å². The zero-order valence-corrected chi connectivity index (χ0v) is 13.3. The SMILES string of the molecule is CCOCc1nc(NC)cc(NC(C)C(CO)SC)n1. The van der Waals surface area contributed by atoms with E-state index in [2.05, 4.69) is 20.6 Å². The normalized spacial score (nSPS) is 13.8. The Morgan fingerprint density at radius 2 is 2.10 bits per heavy atom. The van der Waals surface area contributed by atoms with Crippen molar-refractivity contribution in [3.63, 3.8) is 0 Å². The number of hydrogen-bond acceptors (Lipinski definition) is 7. The highest BCUT2D eigenvalue weighted by Crippen LogP contribution is 2.17. The van der Waals surface area contributed by atoms with E-state index in [1.54, 1.807) is 11.8 Å². The Balaban J connectivity index is 2.82. The van der Waals surface area contributed by atoms with Crippen molar-refractivity contribution in [3.05, 3.63) is 11.9 Å². The summed E-state index contributed by atoms with van der Waals surface area (Å²) in [6.45, 7) is 5.12. The zero-order valence-electron chi connectivity index (χ0n) is 12.5. The summed E-state index contributed by atoms with van der Waals surface area (Å²) >= 11 is 1.63. The predicted octanol–water partition coefficient (Wildman–Crippen LogP) is 1.58. The Morgan fingerprint density at radius 1 is 1.40 bits per heavy atom. The topological polar surface area (TPSA) is 79.3 Å². The van der Waals surface area contributed by atoms with Crippen molar-refractivity contribution in [1.29, 1.82) is 0 Å². The van der Waals surface area contributed by atoms with E-state index in [9.17, 15) is 5.11 Å². The molecule has 0 amide bonds. The molecule has 0 saturated carbocycles. The van der Waals surface area contributed by atoms with Crippen LogP contribution in [-0.2, 0) is 11.3 Å². The monoisotopic (exact) mass is 300 g/mol. The van der Waals surface area contributed by atoms with Gasteiger partial charge in [-0.25, -0.2) is 9.97 Å². The molecule has 20 heavy (non-hydrogen) atoms. The van der Waals surface area contributed by atoms with Gasteiger partial charge in [-0.2, -0.15) is 11.8 Å². The summed E-state index contributed by atoms with van der Waals surface area (Å²) in [7, 11) is 1.82. The number of hydrogen-bond donors (Lipinski definition) is 3. The summed E-state index contributed by atoms with van der Waals surface area (Å²) in [4.78, 5) is 8.77. The number of anilines is 2. The van der Waals surface area contributed by atoms with Gasteiger partial charge in [0.2, 0.25) is 0 Å². The maximum absolute atomic E-state index is 9.32. The van der Waals surface area contributed by atoms with E-state index < -0.39 is 0 Å². The van der Waals surface area contributed by atoms with Crippen LogP contribution in [0.15, 0.2) is 6.07 Å². The van der Waals surface area contributed by atoms with Gasteiger partial charge >= 0.3 is 0 Å². The average Bonchev–Trinajstić information content (AvgIpc) is 2.46. The summed E-state index contributed by atoms with van der Waals surface area (Å²) in [6, 6.07) is 1.95. The van der Waals surface area contributed by atoms with E-state index in [0.717, 1.165) is 11.6 Å². The van der Waals surface area contributed by atoms with Crippen molar-refractivity contribution in [2.24, 2.45) is 0 Å². The van der Waals surface area contributed by atoms with E-state index in [1.807, 2.05) is 33.2 Å². The number of thioether (sulfide) groups is 1. The predicted molar refractivity (Wildman–Crippen MR) is 84.4 cm³/mol. The molecule has 2 unspecified atom stereocenters. The van der Waals surface area contributed by atoms with Gasteiger partial charge in [-0.1, -0.05) is 0 Å². The summed E-state index contributed by atoms with van der Waals surface area (Å²) < 4.78 is 5.34. The second-order valence-electron chi connectivity index (χ2n) is 4.33. The van der Waals surface area contributed by atoms with Gasteiger partial charge in [0.15, 0.2) is 5.82 Å². The van der Waals surface area contributed by atoms with Crippen molar-refractivity contribution < 1.29 is 9.84 Å². The highest BCUT2D eigenvalue weighted by Gasteiger charge is 2.16. The van der Waals surface area contributed by atoms with Crippen molar-refractivity contribution in [3.8, 4) is 0 Å². The third-order valence-corrected chi connectivity index (χ3v) is 4.04. The van der Waals surface area contributed by atoms with Crippen LogP contribution in [-0.4, -0.2) is 52.9 Å². The van der Waals surface area contributed by atoms with Crippen molar-refractivity contribution in [1.82, 2.24) is 9.97 Å². The number of aliphatic hydroxyl groups is 1. The third kappa shape index (κ3) is 5.15. The molecule has 6 nitrogen and oxygen atoms in total. The number of nitrogens with one attached hydrogen (secondary N) is 2. The van der Waals surface area contributed by atoms with Crippen LogP contribution in [0.2, 0.25) is 0 Å². The number of nitrogens with zero attached hydrogens (tertiary/aromatic N) is 2. The molecule has 1 aromatic heterocycles. The molecule has 1 aromatic rings. The van der Waals surface area contributed by atoms with Gasteiger partial charge in [-0.3, -0.25) is 0 Å². The minimum atomic E-state index is 0.106. The highest BCUT2D eigenvalue weighted by molar-refractivity contribution is 7.99. The first-order valence-corrected chi connectivity index (χ1v) is 7.97. The first kappa shape index (κ1) is 17.0. The Bertz CT molecular complexity index is 402. The molecular formula is C13H24N4O2S. The van der Waals surface area contributed by atoms with E-state index in [1.165, 1.54) is 0 Å². The summed E-state index contributed by atoms with van der Waals surface area (Å²) in [6.07, 6.45) is 1.98. The Hall–Kier alpha value is -1.05. The van der Waals surface area contributed by atoms with Gasteiger partial charge in [-0.15, -0.1) is 0 Å². The fourth-order valence-corrected chi connectivity index (χ4v) is 2.35. The lowest BCUT2D eigenvalue weighted by atomic mass is 10.2. The smallest absolute Gasteiger partial charge is 0.158 e. The lowest BCUT2D eigenvalue weighted by Gasteiger charge is -2.22. The van der Waals surface area contributed by atoms with E-state index in [0.29, 0.717) is 19.0 Å². The van der Waals surface area contributed by atoms with Gasteiger partial charge in [-0.05, 0) is 20.1 Å². The molecule has 114 valence electrons. The van der Waals surface area contributed by atoms with E-state index in [4.69, 9.17) is 4.74 Å². The maximum atomic E-state index is 9.32. The molecule has 0 spiro atoms. The number of ether oxygens (including phenoxy) is 1. The summed E-state index contributed by atoms with van der Waals surface area (Å²) in [5.74, 6) is 2.12. The van der Waals surface area contributed by atoms with Gasteiger partial charge in [0.05, 0.1) is 6.61 Å². The van der Waals surface area contributed by atoms with Crippen LogP contribution in [0, 0.1) is 0 Å². The fourth-order valence-electron chi connectivity index (χ4n) is 1.72. The van der Waals surface area contributed by atoms with E-state index >= 15 is 0 Å². The van der Waals surface area contributed by atoms with Crippen molar-refractivity contribution in [2.75, 3.05) is 37.2 Å². The lowest BCUT2D eigenvalue weighted by molar-refractivity contribution is 0.128. The molecule has 0 fully saturated rings. The van der Waals surface area contributed by atoms with Crippen LogP contribution in [0.4, 0.5) is 11.6 Å². The van der Waals surface area contributed by atoms with Gasteiger partial charge in [0.25, 0.3) is 0 Å². The van der Waals surface area contributed by atoms with Crippen LogP contribution in [0.25, 0.3) is 0 Å². The van der Waals surface area contributed by atoms with Gasteiger partial charge in [0.1, 0.15) is 18.2 Å². The Morgan fingerprint density at radius 3 is 2.65 bits per heavy atom. The van der Waals surface area contributed by atoms with E-state index in [-0.39, 0.29) is 17.9 Å². The lowest BCUT2D eigenvalue weighted by Crippen LogP contribution is -2.31. The molecule has 0 aromatic carbocycles. The standard InChI is InChI=1S/C13H24N4O2S/c1-5-19-8-13-16-11(14-3)6-12(17-13)15-9(2)10(7-18)20-4/h6,9-10,18H,5,7-8H2,1-4H3,(H2,14,15,16,17). The molecular weight excluding hydrogens is 276 g/mol. The molecule has 0 radical (unpaired) electrons. The largest absolute Gasteiger partial charge is 0.395 e. The van der Waals surface area contributed by atoms with Crippen molar-refractivity contribution >= 4 is 23.4 Å². The first-order chi connectivity index (χ1) is 9.64. The van der Waals surface area contributed by atoms with Gasteiger partial charge < -0.3 is 20.5 Å². The molecule has 2 atom stereocenters. The molecule has 0 aliphatic heterocycles. The van der Waals surface area contributed by atoms with Gasteiger partial charge in [0, 0.05) is 31.0 Å². The van der Waals surface area contributed by atoms with Crippen LogP contribution in [0.3, 0.4) is 0 Å². The molecule has 0 saturated heterocycles. The zero-order chi connectivity index (χ0) is 15.0. The molecule has 3 N–H and O–H groups in total. The molecule has 0 aliphatic rings. The third-order valence-electron chi connectivity index (χ3n) is 2.88. The molecule has 1 rings (SSSR count). The number of aromatic nitrogens is 2. The van der Waals surface area contributed by atoms with Crippen LogP contribution in [0.1, 0.15) is 19.7 Å². The quantitative estimate of drug-likeness (QED) is 0.639. The molecule has 1 heterocycles. The highest BCUT2D eigenvalue weighted by atomic mass is 32.2. The molecule has 7 heteroatoms. The second kappa shape index (κ2) is 8.99. The summed E-state index contributed by atoms with van der Waals surface area (Å²) in [5, 5.41) is 15.8. The van der Waals surface area contributed by atoms with Crippen LogP contribution in [0.5, 0.6) is 0 Å². The molecule has 0 aliphatic carbocycles. The molecule has 0 bridgehead atoms. The van der Waals surface area contributed by atoms with Crippen LogP contribution < -0.4 is 10.6 Å². The average molecular weight is 300 g/mol. The number of aliphatic hydroxyl groups excluding tert-OH is 1.